The Morgan fingerprint density at radius 1 is 0.778 bits per heavy atom. The third kappa shape index (κ3) is 3.15. The van der Waals surface area contributed by atoms with Crippen LogP contribution in [0.5, 0.6) is 11.5 Å². The van der Waals surface area contributed by atoms with Crippen molar-refractivity contribution >= 4 is 10.9 Å². The van der Waals surface area contributed by atoms with Gasteiger partial charge in [-0.15, -0.1) is 0 Å². The lowest BCUT2D eigenvalue weighted by molar-refractivity contribution is 0.355. The van der Waals surface area contributed by atoms with E-state index in [2.05, 4.69) is 22.1 Å². The van der Waals surface area contributed by atoms with Crippen molar-refractivity contribution < 1.29 is 9.47 Å². The number of hydrogen-bond donors (Lipinski definition) is 1. The molecule has 0 saturated carbocycles. The van der Waals surface area contributed by atoms with Crippen LogP contribution in [-0.4, -0.2) is 24.2 Å². The molecule has 3 aromatic carbocycles. The van der Waals surface area contributed by atoms with E-state index in [9.17, 15) is 4.79 Å². The maximum absolute atomic E-state index is 12.5. The highest BCUT2D eigenvalue weighted by atomic mass is 16.5. The SMILES string of the molecule is COc1cc2nc(-c3ccc(-c4ccccc4)cc3)[nH]c(=O)c2cc1OC. The van der Waals surface area contributed by atoms with Crippen molar-refractivity contribution in [1.82, 2.24) is 9.97 Å². The molecule has 0 fully saturated rings. The van der Waals surface area contributed by atoms with Crippen LogP contribution in [0.25, 0.3) is 33.4 Å². The van der Waals surface area contributed by atoms with E-state index in [1.54, 1.807) is 19.2 Å². The molecule has 0 aliphatic heterocycles. The molecule has 0 aliphatic rings. The molecule has 4 aromatic rings. The smallest absolute Gasteiger partial charge is 0.259 e. The Kier molecular flexibility index (Phi) is 4.34. The summed E-state index contributed by atoms with van der Waals surface area (Å²) in [6.45, 7) is 0. The second kappa shape index (κ2) is 6.96. The third-order valence-corrected chi connectivity index (χ3v) is 4.48. The average Bonchev–Trinajstić information content (AvgIpc) is 2.73. The second-order valence-corrected chi connectivity index (χ2v) is 6.08. The lowest BCUT2D eigenvalue weighted by Gasteiger charge is -2.10. The number of aromatic nitrogens is 2. The quantitative estimate of drug-likeness (QED) is 0.592. The van der Waals surface area contributed by atoms with Crippen LogP contribution >= 0.6 is 0 Å². The van der Waals surface area contributed by atoms with Crippen LogP contribution in [0.15, 0.2) is 71.5 Å². The predicted octanol–water partition coefficient (Wildman–Crippen LogP) is 4.27. The van der Waals surface area contributed by atoms with Gasteiger partial charge < -0.3 is 14.5 Å². The number of H-pyrrole nitrogens is 1. The van der Waals surface area contributed by atoms with Crippen LogP contribution < -0.4 is 15.0 Å². The number of hydrogen-bond acceptors (Lipinski definition) is 4. The van der Waals surface area contributed by atoms with E-state index in [-0.39, 0.29) is 5.56 Å². The Morgan fingerprint density at radius 3 is 2.04 bits per heavy atom. The number of ether oxygens (including phenoxy) is 2. The minimum absolute atomic E-state index is 0.219. The van der Waals surface area contributed by atoms with Gasteiger partial charge in [-0.05, 0) is 17.2 Å². The first kappa shape index (κ1) is 16.8. The second-order valence-electron chi connectivity index (χ2n) is 6.08. The van der Waals surface area contributed by atoms with E-state index in [1.165, 1.54) is 7.11 Å². The number of nitrogens with one attached hydrogen (secondary N) is 1. The van der Waals surface area contributed by atoms with E-state index in [0.717, 1.165) is 16.7 Å². The van der Waals surface area contributed by atoms with Gasteiger partial charge in [-0.25, -0.2) is 4.98 Å². The van der Waals surface area contributed by atoms with Gasteiger partial charge in [-0.2, -0.15) is 0 Å². The fourth-order valence-corrected chi connectivity index (χ4v) is 3.05. The maximum atomic E-state index is 12.5. The first-order valence-corrected chi connectivity index (χ1v) is 8.51. The molecule has 0 aliphatic carbocycles. The van der Waals surface area contributed by atoms with Gasteiger partial charge in [0.2, 0.25) is 0 Å². The molecule has 4 rings (SSSR count). The highest BCUT2D eigenvalue weighted by Gasteiger charge is 2.12. The molecule has 5 nitrogen and oxygen atoms in total. The number of aromatic amines is 1. The number of benzene rings is 3. The minimum Gasteiger partial charge on any atom is -0.493 e. The molecule has 0 saturated heterocycles. The third-order valence-electron chi connectivity index (χ3n) is 4.48. The largest absolute Gasteiger partial charge is 0.493 e. The fourth-order valence-electron chi connectivity index (χ4n) is 3.05. The maximum Gasteiger partial charge on any atom is 0.259 e. The van der Waals surface area contributed by atoms with E-state index in [0.29, 0.717) is 28.2 Å². The Balaban J connectivity index is 1.79. The Bertz CT molecular complexity index is 1150. The summed E-state index contributed by atoms with van der Waals surface area (Å²) in [6, 6.07) is 21.4. The number of nitrogens with zero attached hydrogens (tertiary/aromatic N) is 1. The summed E-state index contributed by atoms with van der Waals surface area (Å²) in [6.07, 6.45) is 0. The molecular formula is C22H18N2O3. The molecule has 134 valence electrons. The fraction of sp³-hybridized carbons (Fsp3) is 0.0909. The van der Waals surface area contributed by atoms with Crippen LogP contribution in [0.2, 0.25) is 0 Å². The van der Waals surface area contributed by atoms with Gasteiger partial charge >= 0.3 is 0 Å². The first-order chi connectivity index (χ1) is 13.2. The molecule has 27 heavy (non-hydrogen) atoms. The van der Waals surface area contributed by atoms with Crippen molar-refractivity contribution in [2.24, 2.45) is 0 Å². The molecular weight excluding hydrogens is 340 g/mol. The van der Waals surface area contributed by atoms with Gasteiger partial charge in [0.05, 0.1) is 25.1 Å². The zero-order valence-electron chi connectivity index (χ0n) is 15.0. The van der Waals surface area contributed by atoms with Gasteiger partial charge in [0.25, 0.3) is 5.56 Å². The summed E-state index contributed by atoms with van der Waals surface area (Å²) < 4.78 is 10.6. The molecule has 0 atom stereocenters. The van der Waals surface area contributed by atoms with Crippen molar-refractivity contribution in [3.8, 4) is 34.0 Å². The predicted molar refractivity (Wildman–Crippen MR) is 106 cm³/mol. The average molecular weight is 358 g/mol. The molecule has 0 amide bonds. The molecule has 0 spiro atoms. The summed E-state index contributed by atoms with van der Waals surface area (Å²) in [5.74, 6) is 1.55. The molecule has 0 bridgehead atoms. The van der Waals surface area contributed by atoms with Crippen LogP contribution in [0.4, 0.5) is 0 Å². The summed E-state index contributed by atoms with van der Waals surface area (Å²) in [7, 11) is 3.09. The zero-order chi connectivity index (χ0) is 18.8. The van der Waals surface area contributed by atoms with Gasteiger partial charge in [-0.1, -0.05) is 54.6 Å². The molecule has 0 radical (unpaired) electrons. The van der Waals surface area contributed by atoms with Gasteiger partial charge in [0.1, 0.15) is 5.82 Å². The standard InChI is InChI=1S/C22H18N2O3/c1-26-19-12-17-18(13-20(19)27-2)23-21(24-22(17)25)16-10-8-15(9-11-16)14-6-4-3-5-7-14/h3-13H,1-2H3,(H,23,24,25). The van der Waals surface area contributed by atoms with Gasteiger partial charge in [0, 0.05) is 11.6 Å². The van der Waals surface area contributed by atoms with Gasteiger partial charge in [-0.3, -0.25) is 4.79 Å². The Hall–Kier alpha value is -3.60. The number of methoxy groups -OCH3 is 2. The highest BCUT2D eigenvalue weighted by molar-refractivity contribution is 5.83. The molecule has 1 heterocycles. The summed E-state index contributed by atoms with van der Waals surface area (Å²) in [5, 5.41) is 0.456. The highest BCUT2D eigenvalue weighted by Crippen LogP contribution is 2.31. The molecule has 1 N–H and O–H groups in total. The van der Waals surface area contributed by atoms with E-state index in [1.807, 2.05) is 42.5 Å². The summed E-state index contributed by atoms with van der Waals surface area (Å²) in [4.78, 5) is 20.0. The van der Waals surface area contributed by atoms with E-state index >= 15 is 0 Å². The van der Waals surface area contributed by atoms with Crippen LogP contribution in [0.3, 0.4) is 0 Å². The van der Waals surface area contributed by atoms with Crippen LogP contribution in [0, 0.1) is 0 Å². The van der Waals surface area contributed by atoms with E-state index < -0.39 is 0 Å². The molecule has 1 aromatic heterocycles. The van der Waals surface area contributed by atoms with Crippen molar-refractivity contribution in [1.29, 1.82) is 0 Å². The summed E-state index contributed by atoms with van der Waals surface area (Å²) >= 11 is 0. The van der Waals surface area contributed by atoms with E-state index in [4.69, 9.17) is 9.47 Å². The van der Waals surface area contributed by atoms with Crippen molar-refractivity contribution in [2.45, 2.75) is 0 Å². The zero-order valence-corrected chi connectivity index (χ0v) is 15.0. The van der Waals surface area contributed by atoms with Crippen molar-refractivity contribution in [3.63, 3.8) is 0 Å². The van der Waals surface area contributed by atoms with Crippen LogP contribution in [0.1, 0.15) is 0 Å². The lowest BCUT2D eigenvalue weighted by atomic mass is 10.0. The number of rotatable bonds is 4. The van der Waals surface area contributed by atoms with Gasteiger partial charge in [0.15, 0.2) is 11.5 Å². The minimum atomic E-state index is -0.219. The topological polar surface area (TPSA) is 64.2 Å². The normalized spacial score (nSPS) is 10.7. The Morgan fingerprint density at radius 2 is 1.37 bits per heavy atom. The first-order valence-electron chi connectivity index (χ1n) is 8.51. The summed E-state index contributed by atoms with van der Waals surface area (Å²) in [5.41, 5.74) is 3.42. The lowest BCUT2D eigenvalue weighted by Crippen LogP contribution is -2.10. The number of fused-ring (bicyclic) bond motifs is 1. The van der Waals surface area contributed by atoms with Crippen LogP contribution in [-0.2, 0) is 0 Å². The van der Waals surface area contributed by atoms with Crippen molar-refractivity contribution in [2.75, 3.05) is 14.2 Å². The van der Waals surface area contributed by atoms with Crippen molar-refractivity contribution in [3.05, 3.63) is 77.1 Å². The monoisotopic (exact) mass is 358 g/mol. The Labute approximate surface area is 156 Å². The molecule has 5 heteroatoms. The molecule has 0 unspecified atom stereocenters.